The van der Waals surface area contributed by atoms with Gasteiger partial charge in [-0.1, -0.05) is 72.8 Å². The molecule has 3 heterocycles. The standard InChI is InChI=1S/C33H21N3/c1-3-11-23(12-4-1)35-29-17-9-7-15-25(29)27-19-22-20-32-33(34-28(22)21-31(27)35)26-16-8-10-18-30(26)36(32)24-13-5-2-6-14-24/h1-21H. The van der Waals surface area contributed by atoms with E-state index in [0.29, 0.717) is 0 Å². The smallest absolute Gasteiger partial charge is 0.0971 e. The van der Waals surface area contributed by atoms with Crippen molar-refractivity contribution >= 4 is 54.6 Å². The average Bonchev–Trinajstić information content (AvgIpc) is 3.43. The van der Waals surface area contributed by atoms with Gasteiger partial charge in [0.15, 0.2) is 0 Å². The van der Waals surface area contributed by atoms with Gasteiger partial charge in [-0.25, -0.2) is 4.98 Å². The molecule has 0 aliphatic heterocycles. The maximum absolute atomic E-state index is 5.27. The first-order valence-electron chi connectivity index (χ1n) is 12.2. The fraction of sp³-hybridized carbons (Fsp3) is 0. The lowest BCUT2D eigenvalue weighted by molar-refractivity contribution is 1.18. The molecule has 36 heavy (non-hydrogen) atoms. The Morgan fingerprint density at radius 1 is 0.417 bits per heavy atom. The van der Waals surface area contributed by atoms with E-state index in [1.54, 1.807) is 0 Å². The summed E-state index contributed by atoms with van der Waals surface area (Å²) in [4.78, 5) is 5.27. The summed E-state index contributed by atoms with van der Waals surface area (Å²) in [6, 6.07) is 45.2. The van der Waals surface area contributed by atoms with Crippen LogP contribution in [0.2, 0.25) is 0 Å². The summed E-state index contributed by atoms with van der Waals surface area (Å²) in [5, 5.41) is 4.81. The van der Waals surface area contributed by atoms with Gasteiger partial charge >= 0.3 is 0 Å². The molecular weight excluding hydrogens is 438 g/mol. The van der Waals surface area contributed by atoms with Gasteiger partial charge in [-0.05, 0) is 54.6 Å². The lowest BCUT2D eigenvalue weighted by Crippen LogP contribution is -1.94. The molecule has 5 aromatic carbocycles. The molecule has 3 heteroatoms. The second kappa shape index (κ2) is 7.30. The third-order valence-electron chi connectivity index (χ3n) is 7.26. The Morgan fingerprint density at radius 3 is 1.67 bits per heavy atom. The van der Waals surface area contributed by atoms with E-state index >= 15 is 0 Å². The van der Waals surface area contributed by atoms with Crippen molar-refractivity contribution in [2.45, 2.75) is 0 Å². The van der Waals surface area contributed by atoms with Crippen LogP contribution in [-0.4, -0.2) is 14.1 Å². The molecule has 3 nitrogen and oxygen atoms in total. The molecule has 0 bridgehead atoms. The summed E-state index contributed by atoms with van der Waals surface area (Å²) < 4.78 is 4.68. The highest BCUT2D eigenvalue weighted by molar-refractivity contribution is 6.16. The van der Waals surface area contributed by atoms with E-state index in [9.17, 15) is 0 Å². The zero-order valence-corrected chi connectivity index (χ0v) is 19.5. The molecule has 0 aliphatic rings. The van der Waals surface area contributed by atoms with Gasteiger partial charge in [-0.3, -0.25) is 0 Å². The second-order valence-electron chi connectivity index (χ2n) is 9.29. The monoisotopic (exact) mass is 459 g/mol. The van der Waals surface area contributed by atoms with Gasteiger partial charge in [0.25, 0.3) is 0 Å². The minimum Gasteiger partial charge on any atom is -0.309 e. The van der Waals surface area contributed by atoms with Gasteiger partial charge in [-0.2, -0.15) is 0 Å². The van der Waals surface area contributed by atoms with Crippen molar-refractivity contribution in [3.8, 4) is 11.4 Å². The summed E-state index contributed by atoms with van der Waals surface area (Å²) in [7, 11) is 0. The summed E-state index contributed by atoms with van der Waals surface area (Å²) in [5.41, 5.74) is 9.02. The molecule has 0 aliphatic carbocycles. The molecule has 0 unspecified atom stereocenters. The Balaban J connectivity index is 1.53. The maximum atomic E-state index is 5.27. The van der Waals surface area contributed by atoms with E-state index in [1.807, 2.05) is 0 Å². The summed E-state index contributed by atoms with van der Waals surface area (Å²) in [5.74, 6) is 0. The van der Waals surface area contributed by atoms with Gasteiger partial charge < -0.3 is 9.13 Å². The molecule has 8 rings (SSSR count). The summed E-state index contributed by atoms with van der Waals surface area (Å²) in [6.45, 7) is 0. The van der Waals surface area contributed by atoms with Crippen LogP contribution in [-0.2, 0) is 0 Å². The number of hydrogen-bond acceptors (Lipinski definition) is 1. The number of aromatic nitrogens is 3. The molecule has 0 radical (unpaired) electrons. The van der Waals surface area contributed by atoms with Crippen LogP contribution >= 0.6 is 0 Å². The number of hydrogen-bond donors (Lipinski definition) is 0. The molecule has 3 aromatic heterocycles. The highest BCUT2D eigenvalue weighted by atomic mass is 15.0. The van der Waals surface area contributed by atoms with Gasteiger partial charge in [0, 0.05) is 32.9 Å². The third kappa shape index (κ3) is 2.65. The van der Waals surface area contributed by atoms with Crippen molar-refractivity contribution in [1.29, 1.82) is 0 Å². The largest absolute Gasteiger partial charge is 0.309 e. The van der Waals surface area contributed by atoms with Crippen LogP contribution in [0.15, 0.2) is 127 Å². The van der Waals surface area contributed by atoms with Crippen LogP contribution in [0.3, 0.4) is 0 Å². The predicted octanol–water partition coefficient (Wildman–Crippen LogP) is 8.43. The number of rotatable bonds is 2. The van der Waals surface area contributed by atoms with E-state index < -0.39 is 0 Å². The molecular formula is C33H21N3. The van der Waals surface area contributed by atoms with Crippen molar-refractivity contribution in [2.75, 3.05) is 0 Å². The van der Waals surface area contributed by atoms with Crippen LogP contribution in [0, 0.1) is 0 Å². The third-order valence-corrected chi connectivity index (χ3v) is 7.26. The fourth-order valence-electron chi connectivity index (χ4n) is 5.70. The number of para-hydroxylation sites is 4. The first kappa shape index (κ1) is 19.4. The molecule has 0 saturated heterocycles. The number of fused-ring (bicyclic) bond motifs is 7. The van der Waals surface area contributed by atoms with Crippen LogP contribution in [0.25, 0.3) is 66.0 Å². The minimum absolute atomic E-state index is 1.01. The summed E-state index contributed by atoms with van der Waals surface area (Å²) in [6.07, 6.45) is 0. The van der Waals surface area contributed by atoms with E-state index in [0.717, 1.165) is 33.3 Å². The van der Waals surface area contributed by atoms with Crippen LogP contribution in [0.1, 0.15) is 0 Å². The van der Waals surface area contributed by atoms with Crippen molar-refractivity contribution in [1.82, 2.24) is 14.1 Å². The van der Waals surface area contributed by atoms with Crippen molar-refractivity contribution in [3.05, 3.63) is 127 Å². The Kier molecular flexibility index (Phi) is 3.94. The van der Waals surface area contributed by atoms with E-state index in [-0.39, 0.29) is 0 Å². The van der Waals surface area contributed by atoms with E-state index in [1.165, 1.54) is 32.7 Å². The van der Waals surface area contributed by atoms with Gasteiger partial charge in [0.05, 0.1) is 33.1 Å². The fourth-order valence-corrected chi connectivity index (χ4v) is 5.70. The van der Waals surface area contributed by atoms with Crippen LogP contribution in [0.4, 0.5) is 0 Å². The average molecular weight is 460 g/mol. The van der Waals surface area contributed by atoms with Crippen molar-refractivity contribution in [2.24, 2.45) is 0 Å². The molecule has 0 spiro atoms. The molecule has 168 valence electrons. The lowest BCUT2D eigenvalue weighted by atomic mass is 10.1. The van der Waals surface area contributed by atoms with Gasteiger partial charge in [0.1, 0.15) is 0 Å². The van der Waals surface area contributed by atoms with Crippen LogP contribution in [0.5, 0.6) is 0 Å². The SMILES string of the molecule is c1ccc(-n2c3ccccc3c3cc4cc5c(nc4cc32)c2ccccc2n5-c2ccccc2)cc1. The Hall–Kier alpha value is -4.89. The molecule has 0 amide bonds. The van der Waals surface area contributed by atoms with E-state index in [4.69, 9.17) is 4.98 Å². The minimum atomic E-state index is 1.01. The highest BCUT2D eigenvalue weighted by Crippen LogP contribution is 2.37. The van der Waals surface area contributed by atoms with Gasteiger partial charge in [-0.15, -0.1) is 0 Å². The van der Waals surface area contributed by atoms with Gasteiger partial charge in [0.2, 0.25) is 0 Å². The predicted molar refractivity (Wildman–Crippen MR) is 150 cm³/mol. The van der Waals surface area contributed by atoms with Crippen molar-refractivity contribution < 1.29 is 0 Å². The molecule has 0 saturated carbocycles. The van der Waals surface area contributed by atoms with Crippen LogP contribution < -0.4 is 0 Å². The Morgan fingerprint density at radius 2 is 0.972 bits per heavy atom. The molecule has 0 atom stereocenters. The number of benzene rings is 5. The Labute approximate surface area is 207 Å². The highest BCUT2D eigenvalue weighted by Gasteiger charge is 2.17. The number of pyridine rings is 1. The summed E-state index contributed by atoms with van der Waals surface area (Å²) >= 11 is 0. The Bertz CT molecular complexity index is 1930. The molecule has 0 fully saturated rings. The molecule has 8 aromatic rings. The number of nitrogens with zero attached hydrogens (tertiary/aromatic N) is 3. The molecule has 0 N–H and O–H groups in total. The zero-order chi connectivity index (χ0) is 23.6. The zero-order valence-electron chi connectivity index (χ0n) is 19.5. The second-order valence-corrected chi connectivity index (χ2v) is 9.29. The topological polar surface area (TPSA) is 22.8 Å². The van der Waals surface area contributed by atoms with Crippen molar-refractivity contribution in [3.63, 3.8) is 0 Å². The maximum Gasteiger partial charge on any atom is 0.0971 e. The normalized spacial score (nSPS) is 11.9. The quantitative estimate of drug-likeness (QED) is 0.254. The van der Waals surface area contributed by atoms with E-state index in [2.05, 4.69) is 137 Å². The lowest BCUT2D eigenvalue weighted by Gasteiger charge is -2.09. The first-order valence-corrected chi connectivity index (χ1v) is 12.2. The first-order chi connectivity index (χ1) is 17.9.